The van der Waals surface area contributed by atoms with Gasteiger partial charge in [-0.25, -0.2) is 4.79 Å². The smallest absolute Gasteiger partial charge is 0.327 e. The molecule has 0 spiro atoms. The molecule has 0 aromatic carbocycles. The van der Waals surface area contributed by atoms with Crippen molar-refractivity contribution in [1.29, 1.82) is 0 Å². The predicted molar refractivity (Wildman–Crippen MR) is 78.2 cm³/mol. The molecule has 2 saturated heterocycles. The van der Waals surface area contributed by atoms with Crippen molar-refractivity contribution in [1.82, 2.24) is 15.3 Å². The molecule has 1 aromatic rings. The normalized spacial score (nSPS) is 22.9. The SMILES string of the molecule is O=c1[nH]c(N2CCC/C2=C2/CCCCN2)c(Cl)c(=O)[nH]1. The van der Waals surface area contributed by atoms with Gasteiger partial charge in [0.05, 0.1) is 0 Å². The van der Waals surface area contributed by atoms with Crippen molar-refractivity contribution in [2.24, 2.45) is 0 Å². The fourth-order valence-electron chi connectivity index (χ4n) is 2.88. The van der Waals surface area contributed by atoms with Crippen LogP contribution in [0.25, 0.3) is 0 Å². The third-order valence-electron chi connectivity index (χ3n) is 3.80. The number of hydrogen-bond donors (Lipinski definition) is 3. The van der Waals surface area contributed by atoms with Crippen LogP contribution in [0.4, 0.5) is 5.82 Å². The molecule has 0 atom stereocenters. The highest BCUT2D eigenvalue weighted by molar-refractivity contribution is 6.32. The molecule has 3 heterocycles. The van der Waals surface area contributed by atoms with E-state index >= 15 is 0 Å². The number of allylic oxidation sites excluding steroid dienone is 2. The van der Waals surface area contributed by atoms with E-state index in [4.69, 9.17) is 11.6 Å². The van der Waals surface area contributed by atoms with Gasteiger partial charge in [0.2, 0.25) is 0 Å². The number of H-pyrrole nitrogens is 2. The summed E-state index contributed by atoms with van der Waals surface area (Å²) in [5, 5.41) is 3.47. The zero-order chi connectivity index (χ0) is 14.1. The minimum atomic E-state index is -0.543. The Bertz CT molecular complexity index is 653. The summed E-state index contributed by atoms with van der Waals surface area (Å²) >= 11 is 6.05. The van der Waals surface area contributed by atoms with E-state index in [-0.39, 0.29) is 5.02 Å². The molecule has 3 N–H and O–H groups in total. The summed E-state index contributed by atoms with van der Waals surface area (Å²) in [6.45, 7) is 1.74. The number of nitrogens with zero attached hydrogens (tertiary/aromatic N) is 1. The number of nitrogens with one attached hydrogen (secondary N) is 3. The molecule has 3 rings (SSSR count). The lowest BCUT2D eigenvalue weighted by molar-refractivity contribution is 0.577. The third-order valence-corrected chi connectivity index (χ3v) is 4.15. The predicted octanol–water partition coefficient (Wildman–Crippen LogP) is 1.30. The summed E-state index contributed by atoms with van der Waals surface area (Å²) in [5.41, 5.74) is 1.29. The zero-order valence-corrected chi connectivity index (χ0v) is 11.8. The Morgan fingerprint density at radius 2 is 1.90 bits per heavy atom. The number of anilines is 1. The van der Waals surface area contributed by atoms with Crippen LogP contribution in [-0.2, 0) is 0 Å². The van der Waals surface area contributed by atoms with Gasteiger partial charge in [0.15, 0.2) is 0 Å². The Morgan fingerprint density at radius 1 is 1.05 bits per heavy atom. The minimum Gasteiger partial charge on any atom is -0.387 e. The van der Waals surface area contributed by atoms with Gasteiger partial charge in [-0.3, -0.25) is 14.8 Å². The first-order valence-corrected chi connectivity index (χ1v) is 7.30. The number of piperidine rings is 1. The molecule has 0 radical (unpaired) electrons. The van der Waals surface area contributed by atoms with E-state index in [1.54, 1.807) is 0 Å². The molecule has 2 aliphatic heterocycles. The van der Waals surface area contributed by atoms with Crippen LogP contribution in [0.1, 0.15) is 32.1 Å². The Kier molecular flexibility index (Phi) is 3.56. The molecule has 6 nitrogen and oxygen atoms in total. The van der Waals surface area contributed by atoms with E-state index in [1.807, 2.05) is 4.90 Å². The molecule has 0 bridgehead atoms. The molecular weight excluding hydrogens is 280 g/mol. The second-order valence-corrected chi connectivity index (χ2v) is 5.51. The van der Waals surface area contributed by atoms with Crippen molar-refractivity contribution in [2.45, 2.75) is 32.1 Å². The Balaban J connectivity index is 2.05. The van der Waals surface area contributed by atoms with Gasteiger partial charge >= 0.3 is 5.69 Å². The lowest BCUT2D eigenvalue weighted by Crippen LogP contribution is -2.31. The number of halogens is 1. The molecule has 20 heavy (non-hydrogen) atoms. The molecule has 2 aliphatic rings. The van der Waals surface area contributed by atoms with Crippen molar-refractivity contribution in [3.8, 4) is 0 Å². The fourth-order valence-corrected chi connectivity index (χ4v) is 3.08. The fraction of sp³-hybridized carbons (Fsp3) is 0.538. The highest BCUT2D eigenvalue weighted by Gasteiger charge is 2.26. The highest BCUT2D eigenvalue weighted by atomic mass is 35.5. The summed E-state index contributed by atoms with van der Waals surface area (Å²) in [6, 6.07) is 0. The van der Waals surface area contributed by atoms with Crippen LogP contribution in [0.15, 0.2) is 21.0 Å². The van der Waals surface area contributed by atoms with Crippen molar-refractivity contribution >= 4 is 17.4 Å². The van der Waals surface area contributed by atoms with Gasteiger partial charge in [-0.15, -0.1) is 0 Å². The number of aromatic amines is 2. The van der Waals surface area contributed by atoms with Crippen molar-refractivity contribution in [3.63, 3.8) is 0 Å². The molecule has 1 aromatic heterocycles. The first-order valence-electron chi connectivity index (χ1n) is 6.92. The summed E-state index contributed by atoms with van der Waals surface area (Å²) in [7, 11) is 0. The molecule has 0 amide bonds. The van der Waals surface area contributed by atoms with Crippen LogP contribution < -0.4 is 21.5 Å². The highest BCUT2D eigenvalue weighted by Crippen LogP contribution is 2.32. The lowest BCUT2D eigenvalue weighted by Gasteiger charge is -2.26. The molecule has 0 unspecified atom stereocenters. The molecule has 0 saturated carbocycles. The summed E-state index contributed by atoms with van der Waals surface area (Å²) < 4.78 is 0. The van der Waals surface area contributed by atoms with Crippen molar-refractivity contribution in [2.75, 3.05) is 18.0 Å². The Labute approximate surface area is 120 Å². The zero-order valence-electron chi connectivity index (χ0n) is 11.1. The average Bonchev–Trinajstić information content (AvgIpc) is 2.93. The van der Waals surface area contributed by atoms with Gasteiger partial charge in [-0.2, -0.15) is 0 Å². The topological polar surface area (TPSA) is 81.0 Å². The maximum atomic E-state index is 11.6. The average molecular weight is 297 g/mol. The van der Waals surface area contributed by atoms with Gasteiger partial charge in [-0.1, -0.05) is 11.6 Å². The van der Waals surface area contributed by atoms with E-state index < -0.39 is 11.2 Å². The largest absolute Gasteiger partial charge is 0.387 e. The first-order chi connectivity index (χ1) is 9.66. The minimum absolute atomic E-state index is 0.0420. The second-order valence-electron chi connectivity index (χ2n) is 5.14. The maximum Gasteiger partial charge on any atom is 0.327 e. The monoisotopic (exact) mass is 296 g/mol. The van der Waals surface area contributed by atoms with Crippen molar-refractivity contribution < 1.29 is 0 Å². The van der Waals surface area contributed by atoms with Crippen LogP contribution >= 0.6 is 11.6 Å². The first kappa shape index (κ1) is 13.3. The van der Waals surface area contributed by atoms with Gasteiger partial charge < -0.3 is 10.2 Å². The van der Waals surface area contributed by atoms with Gasteiger partial charge in [0.1, 0.15) is 10.8 Å². The van der Waals surface area contributed by atoms with Crippen LogP contribution in [-0.4, -0.2) is 23.1 Å². The maximum absolute atomic E-state index is 11.6. The molecule has 108 valence electrons. The number of rotatable bonds is 1. The molecule has 7 heteroatoms. The summed E-state index contributed by atoms with van der Waals surface area (Å²) in [5.74, 6) is 0.410. The van der Waals surface area contributed by atoms with Crippen LogP contribution in [0.5, 0.6) is 0 Å². The standard InChI is InChI=1S/C13H17ClN4O2/c14-10-11(16-13(20)17-12(10)19)18-7-3-5-9(18)8-4-1-2-6-15-8/h15H,1-7H2,(H2,16,17,19,20)/b9-8+. The van der Waals surface area contributed by atoms with Gasteiger partial charge in [-0.05, 0) is 32.1 Å². The molecular formula is C13H17ClN4O2. The second kappa shape index (κ2) is 5.36. The molecule has 0 aliphatic carbocycles. The van der Waals surface area contributed by atoms with E-state index in [1.165, 1.54) is 18.5 Å². The lowest BCUT2D eigenvalue weighted by atomic mass is 10.1. The number of hydrogen-bond acceptors (Lipinski definition) is 4. The Morgan fingerprint density at radius 3 is 2.65 bits per heavy atom. The van der Waals surface area contributed by atoms with E-state index in [0.717, 1.165) is 38.0 Å². The summed E-state index contributed by atoms with van der Waals surface area (Å²) in [4.78, 5) is 29.9. The van der Waals surface area contributed by atoms with E-state index in [0.29, 0.717) is 5.82 Å². The quantitative estimate of drug-likeness (QED) is 0.730. The number of aromatic nitrogens is 2. The van der Waals surface area contributed by atoms with Crippen molar-refractivity contribution in [3.05, 3.63) is 37.3 Å². The van der Waals surface area contributed by atoms with E-state index in [2.05, 4.69) is 15.3 Å². The van der Waals surface area contributed by atoms with E-state index in [9.17, 15) is 9.59 Å². The van der Waals surface area contributed by atoms with Crippen LogP contribution in [0.3, 0.4) is 0 Å². The Hall–Kier alpha value is -1.69. The van der Waals surface area contributed by atoms with Crippen LogP contribution in [0, 0.1) is 0 Å². The summed E-state index contributed by atoms with van der Waals surface area (Å²) in [6.07, 6.45) is 5.29. The van der Waals surface area contributed by atoms with Crippen LogP contribution in [0.2, 0.25) is 5.02 Å². The molecule has 2 fully saturated rings. The third kappa shape index (κ3) is 2.35. The van der Waals surface area contributed by atoms with Gasteiger partial charge in [0, 0.05) is 24.5 Å². The van der Waals surface area contributed by atoms with Gasteiger partial charge in [0.25, 0.3) is 5.56 Å².